The topological polar surface area (TPSA) is 75.3 Å². The van der Waals surface area contributed by atoms with Gasteiger partial charge in [0.15, 0.2) is 0 Å². The van der Waals surface area contributed by atoms with Crippen LogP contribution in [-0.4, -0.2) is 28.7 Å². The van der Waals surface area contributed by atoms with Crippen LogP contribution in [0.4, 0.5) is 11.6 Å². The molecule has 0 saturated heterocycles. The van der Waals surface area contributed by atoms with Gasteiger partial charge < -0.3 is 15.7 Å². The molecular weight excluding hydrogens is 240 g/mol. The highest BCUT2D eigenvalue weighted by Crippen LogP contribution is 2.17. The van der Waals surface area contributed by atoms with Crippen LogP contribution in [0.2, 0.25) is 0 Å². The Kier molecular flexibility index (Phi) is 4.30. The summed E-state index contributed by atoms with van der Waals surface area (Å²) in [5.74, 6) is 1.10. The third-order valence-electron chi connectivity index (χ3n) is 2.95. The van der Waals surface area contributed by atoms with E-state index in [0.717, 1.165) is 5.56 Å². The smallest absolute Gasteiger partial charge is 0.149 e. The Hall–Kier alpha value is -2.14. The molecule has 0 amide bonds. The van der Waals surface area contributed by atoms with Crippen molar-refractivity contribution in [3.05, 3.63) is 48.3 Å². The number of anilines is 2. The molecule has 3 N–H and O–H groups in total. The summed E-state index contributed by atoms with van der Waals surface area (Å²) in [6.45, 7) is 0.675. The summed E-state index contributed by atoms with van der Waals surface area (Å²) in [7, 11) is 1.90. The standard InChI is InChI=1S/C14H18N4O/c1-18(14-10-16-9-13(15)17-14)8-7-12(19)11-5-3-2-4-6-11/h2-6,9-10,12,19H,7-8H2,1H3,(H2,15,17). The van der Waals surface area contributed by atoms with E-state index in [-0.39, 0.29) is 0 Å². The lowest BCUT2D eigenvalue weighted by atomic mass is 10.1. The van der Waals surface area contributed by atoms with Crippen molar-refractivity contribution in [1.29, 1.82) is 0 Å². The van der Waals surface area contributed by atoms with E-state index in [2.05, 4.69) is 9.97 Å². The summed E-state index contributed by atoms with van der Waals surface area (Å²) in [5, 5.41) is 10.1. The van der Waals surface area contributed by atoms with E-state index < -0.39 is 6.10 Å². The quantitative estimate of drug-likeness (QED) is 0.852. The number of hydrogen-bond acceptors (Lipinski definition) is 5. The molecule has 5 nitrogen and oxygen atoms in total. The molecular formula is C14H18N4O. The third-order valence-corrected chi connectivity index (χ3v) is 2.95. The summed E-state index contributed by atoms with van der Waals surface area (Å²) in [4.78, 5) is 10.1. The number of hydrogen-bond donors (Lipinski definition) is 2. The van der Waals surface area contributed by atoms with Crippen molar-refractivity contribution in [2.24, 2.45) is 0 Å². The lowest BCUT2D eigenvalue weighted by molar-refractivity contribution is 0.170. The summed E-state index contributed by atoms with van der Waals surface area (Å²) in [5.41, 5.74) is 6.52. The van der Waals surface area contributed by atoms with Crippen LogP contribution in [0.15, 0.2) is 42.7 Å². The first-order chi connectivity index (χ1) is 9.16. The van der Waals surface area contributed by atoms with Crippen molar-refractivity contribution in [1.82, 2.24) is 9.97 Å². The first-order valence-corrected chi connectivity index (χ1v) is 6.18. The molecule has 2 rings (SSSR count). The molecule has 1 aromatic carbocycles. The second-order valence-corrected chi connectivity index (χ2v) is 4.44. The number of aliphatic hydroxyl groups excluding tert-OH is 1. The van der Waals surface area contributed by atoms with Gasteiger partial charge in [-0.25, -0.2) is 4.98 Å². The maximum Gasteiger partial charge on any atom is 0.149 e. The van der Waals surface area contributed by atoms with E-state index >= 15 is 0 Å². The molecule has 0 bridgehead atoms. The zero-order valence-electron chi connectivity index (χ0n) is 10.9. The number of rotatable bonds is 5. The first-order valence-electron chi connectivity index (χ1n) is 6.18. The van der Waals surface area contributed by atoms with Gasteiger partial charge in [0.25, 0.3) is 0 Å². The van der Waals surface area contributed by atoms with Gasteiger partial charge in [0, 0.05) is 13.6 Å². The number of aliphatic hydroxyl groups is 1. The minimum absolute atomic E-state index is 0.396. The van der Waals surface area contributed by atoms with Crippen molar-refractivity contribution in [3.8, 4) is 0 Å². The van der Waals surface area contributed by atoms with Crippen molar-refractivity contribution >= 4 is 11.6 Å². The van der Waals surface area contributed by atoms with E-state index in [9.17, 15) is 5.11 Å². The van der Waals surface area contributed by atoms with Gasteiger partial charge in [-0.1, -0.05) is 30.3 Å². The molecule has 100 valence electrons. The lowest BCUT2D eigenvalue weighted by Crippen LogP contribution is -2.22. The van der Waals surface area contributed by atoms with Gasteiger partial charge in [-0.3, -0.25) is 4.98 Å². The Labute approximate surface area is 112 Å². The van der Waals surface area contributed by atoms with Crippen LogP contribution in [0.1, 0.15) is 18.1 Å². The molecule has 0 aliphatic rings. The van der Waals surface area contributed by atoms with Crippen molar-refractivity contribution in [2.45, 2.75) is 12.5 Å². The van der Waals surface area contributed by atoms with Crippen LogP contribution in [-0.2, 0) is 0 Å². The lowest BCUT2D eigenvalue weighted by Gasteiger charge is -2.20. The molecule has 1 unspecified atom stereocenters. The fraction of sp³-hybridized carbons (Fsp3) is 0.286. The van der Waals surface area contributed by atoms with Crippen LogP contribution in [0.3, 0.4) is 0 Å². The highest BCUT2D eigenvalue weighted by molar-refractivity contribution is 5.40. The Morgan fingerprint density at radius 2 is 2.00 bits per heavy atom. The van der Waals surface area contributed by atoms with Gasteiger partial charge in [-0.2, -0.15) is 0 Å². The van der Waals surface area contributed by atoms with Gasteiger partial charge in [0.2, 0.25) is 0 Å². The van der Waals surface area contributed by atoms with Crippen LogP contribution in [0, 0.1) is 0 Å². The predicted octanol–water partition coefficient (Wildman–Crippen LogP) is 1.62. The van der Waals surface area contributed by atoms with Crippen molar-refractivity contribution < 1.29 is 5.11 Å². The number of nitrogens with two attached hydrogens (primary N) is 1. The zero-order chi connectivity index (χ0) is 13.7. The van der Waals surface area contributed by atoms with E-state index in [1.165, 1.54) is 6.20 Å². The van der Waals surface area contributed by atoms with E-state index in [1.807, 2.05) is 42.3 Å². The van der Waals surface area contributed by atoms with Gasteiger partial charge >= 0.3 is 0 Å². The normalized spacial score (nSPS) is 12.1. The van der Waals surface area contributed by atoms with Crippen LogP contribution in [0.5, 0.6) is 0 Å². The number of nitrogen functional groups attached to an aromatic ring is 1. The minimum atomic E-state index is -0.474. The largest absolute Gasteiger partial charge is 0.388 e. The monoisotopic (exact) mass is 258 g/mol. The fourth-order valence-corrected chi connectivity index (χ4v) is 1.83. The molecule has 1 aromatic heterocycles. The second kappa shape index (κ2) is 6.15. The van der Waals surface area contributed by atoms with E-state index in [1.54, 1.807) is 6.20 Å². The minimum Gasteiger partial charge on any atom is -0.388 e. The third kappa shape index (κ3) is 3.66. The average Bonchev–Trinajstić information content (AvgIpc) is 2.45. The van der Waals surface area contributed by atoms with Gasteiger partial charge in [-0.15, -0.1) is 0 Å². The van der Waals surface area contributed by atoms with Gasteiger partial charge in [-0.05, 0) is 12.0 Å². The highest BCUT2D eigenvalue weighted by atomic mass is 16.3. The van der Waals surface area contributed by atoms with Gasteiger partial charge in [0.05, 0.1) is 18.5 Å². The SMILES string of the molecule is CN(CCC(O)c1ccccc1)c1cncc(N)n1. The molecule has 0 aliphatic heterocycles. The molecule has 0 saturated carbocycles. The van der Waals surface area contributed by atoms with Crippen LogP contribution < -0.4 is 10.6 Å². The molecule has 0 radical (unpaired) electrons. The van der Waals surface area contributed by atoms with E-state index in [0.29, 0.717) is 24.6 Å². The summed E-state index contributed by atoms with van der Waals surface area (Å²) in [6, 6.07) is 9.62. The van der Waals surface area contributed by atoms with Gasteiger partial charge in [0.1, 0.15) is 11.6 Å². The molecule has 19 heavy (non-hydrogen) atoms. The number of aromatic nitrogens is 2. The molecule has 5 heteroatoms. The number of nitrogens with zero attached hydrogens (tertiary/aromatic N) is 3. The highest BCUT2D eigenvalue weighted by Gasteiger charge is 2.09. The molecule has 0 spiro atoms. The Morgan fingerprint density at radius 1 is 1.26 bits per heavy atom. The van der Waals surface area contributed by atoms with E-state index in [4.69, 9.17) is 5.73 Å². The Morgan fingerprint density at radius 3 is 2.68 bits per heavy atom. The molecule has 0 aliphatic carbocycles. The van der Waals surface area contributed by atoms with Crippen LogP contribution in [0.25, 0.3) is 0 Å². The zero-order valence-corrected chi connectivity index (χ0v) is 10.9. The molecule has 1 heterocycles. The molecule has 2 aromatic rings. The van der Waals surface area contributed by atoms with Crippen molar-refractivity contribution in [2.75, 3.05) is 24.2 Å². The fourth-order valence-electron chi connectivity index (χ4n) is 1.83. The Balaban J connectivity index is 1.92. The summed E-state index contributed by atoms with van der Waals surface area (Å²) >= 11 is 0. The van der Waals surface area contributed by atoms with Crippen molar-refractivity contribution in [3.63, 3.8) is 0 Å². The summed E-state index contributed by atoms with van der Waals surface area (Å²) in [6.07, 6.45) is 3.32. The second-order valence-electron chi connectivity index (χ2n) is 4.44. The maximum absolute atomic E-state index is 10.1. The summed E-state index contributed by atoms with van der Waals surface area (Å²) < 4.78 is 0. The molecule has 1 atom stereocenters. The van der Waals surface area contributed by atoms with Crippen LogP contribution >= 0.6 is 0 Å². The predicted molar refractivity (Wildman–Crippen MR) is 75.7 cm³/mol. The first kappa shape index (κ1) is 13.3. The molecule has 0 fully saturated rings. The maximum atomic E-state index is 10.1. The average molecular weight is 258 g/mol. The Bertz CT molecular complexity index is 518. The number of benzene rings is 1.